The zero-order valence-electron chi connectivity index (χ0n) is 16.0. The third kappa shape index (κ3) is 6.71. The van der Waals surface area contributed by atoms with Crippen molar-refractivity contribution in [2.45, 2.75) is 13.2 Å². The maximum atomic E-state index is 5.89. The average molecular weight is 373 g/mol. The van der Waals surface area contributed by atoms with Crippen molar-refractivity contribution < 1.29 is 18.9 Å². The van der Waals surface area contributed by atoms with E-state index in [0.29, 0.717) is 43.8 Å². The van der Waals surface area contributed by atoms with Gasteiger partial charge in [0, 0.05) is 6.54 Å². The second-order valence-electron chi connectivity index (χ2n) is 5.72. The Kier molecular flexibility index (Phi) is 8.25. The molecule has 0 spiro atoms. The highest BCUT2D eigenvalue weighted by atomic mass is 16.5. The average Bonchev–Trinajstić information content (AvgIpc) is 2.72. The summed E-state index contributed by atoms with van der Waals surface area (Å²) in [5.41, 5.74) is 7.96. The molecule has 0 aromatic heterocycles. The maximum Gasteiger partial charge on any atom is 0.188 e. The summed E-state index contributed by atoms with van der Waals surface area (Å²) in [7, 11) is 4.86. The Morgan fingerprint density at radius 3 is 2.30 bits per heavy atom. The van der Waals surface area contributed by atoms with Crippen LogP contribution >= 0.6 is 0 Å². The summed E-state index contributed by atoms with van der Waals surface area (Å²) in [6.07, 6.45) is 0. The summed E-state index contributed by atoms with van der Waals surface area (Å²) in [5.74, 6) is 2.56. The number of aliphatic imine (C=N–C) groups is 1. The number of nitrogens with two attached hydrogens (primary N) is 1. The number of benzene rings is 2. The molecule has 0 saturated carbocycles. The van der Waals surface area contributed by atoms with E-state index in [1.165, 1.54) is 0 Å². The monoisotopic (exact) mass is 373 g/mol. The van der Waals surface area contributed by atoms with E-state index in [9.17, 15) is 0 Å². The molecular weight excluding hydrogens is 346 g/mol. The molecule has 0 heterocycles. The van der Waals surface area contributed by atoms with Crippen LogP contribution in [0.2, 0.25) is 0 Å². The quantitative estimate of drug-likeness (QED) is 0.378. The molecule has 3 N–H and O–H groups in total. The predicted octanol–water partition coefficient (Wildman–Crippen LogP) is 2.33. The summed E-state index contributed by atoms with van der Waals surface area (Å²) in [5, 5.41) is 3.04. The van der Waals surface area contributed by atoms with Crippen molar-refractivity contribution in [1.82, 2.24) is 5.32 Å². The third-order valence-electron chi connectivity index (χ3n) is 3.86. The number of nitrogens with one attached hydrogen (secondary N) is 1. The Hall–Kier alpha value is -2.93. The molecule has 0 saturated heterocycles. The van der Waals surface area contributed by atoms with E-state index < -0.39 is 0 Å². The molecule has 0 aliphatic rings. The highest BCUT2D eigenvalue weighted by molar-refractivity contribution is 5.77. The fourth-order valence-electron chi connectivity index (χ4n) is 2.37. The SMILES string of the molecule is COc1ccc(COCCNC(N)=NCc2ccc(OC)c(OC)c2)cc1. The van der Waals surface area contributed by atoms with Crippen LogP contribution in [-0.4, -0.2) is 40.4 Å². The van der Waals surface area contributed by atoms with E-state index in [0.717, 1.165) is 16.9 Å². The van der Waals surface area contributed by atoms with E-state index in [1.807, 2.05) is 42.5 Å². The number of hydrogen-bond donors (Lipinski definition) is 2. The second kappa shape index (κ2) is 10.9. The van der Waals surface area contributed by atoms with Gasteiger partial charge in [-0.1, -0.05) is 18.2 Å². The number of ether oxygens (including phenoxy) is 4. The summed E-state index contributed by atoms with van der Waals surface area (Å²) < 4.78 is 21.2. The van der Waals surface area contributed by atoms with E-state index in [4.69, 9.17) is 24.7 Å². The van der Waals surface area contributed by atoms with Gasteiger partial charge in [-0.05, 0) is 35.4 Å². The molecule has 2 rings (SSSR count). The van der Waals surface area contributed by atoms with Crippen LogP contribution in [0.1, 0.15) is 11.1 Å². The van der Waals surface area contributed by atoms with Crippen LogP contribution in [0.15, 0.2) is 47.5 Å². The molecule has 0 bridgehead atoms. The molecule has 0 fully saturated rings. The lowest BCUT2D eigenvalue weighted by Crippen LogP contribution is -2.34. The number of rotatable bonds is 10. The minimum Gasteiger partial charge on any atom is -0.497 e. The summed E-state index contributed by atoms with van der Waals surface area (Å²) in [6, 6.07) is 13.4. The molecule has 27 heavy (non-hydrogen) atoms. The van der Waals surface area contributed by atoms with Crippen molar-refractivity contribution >= 4 is 5.96 Å². The molecule has 0 atom stereocenters. The largest absolute Gasteiger partial charge is 0.497 e. The fraction of sp³-hybridized carbons (Fsp3) is 0.350. The Morgan fingerprint density at radius 1 is 0.926 bits per heavy atom. The van der Waals surface area contributed by atoms with Crippen LogP contribution in [0, 0.1) is 0 Å². The molecule has 2 aromatic rings. The second-order valence-corrected chi connectivity index (χ2v) is 5.72. The molecular formula is C20H27N3O4. The van der Waals surface area contributed by atoms with Crippen LogP contribution in [0.3, 0.4) is 0 Å². The van der Waals surface area contributed by atoms with Gasteiger partial charge in [0.25, 0.3) is 0 Å². The van der Waals surface area contributed by atoms with Gasteiger partial charge in [-0.2, -0.15) is 0 Å². The first-order chi connectivity index (χ1) is 13.2. The topological polar surface area (TPSA) is 87.3 Å². The van der Waals surface area contributed by atoms with Crippen LogP contribution < -0.4 is 25.3 Å². The standard InChI is InChI=1S/C20H27N3O4/c1-24-17-7-4-15(5-8-17)14-27-11-10-22-20(21)23-13-16-6-9-18(25-2)19(12-16)26-3/h4-9,12H,10-11,13-14H2,1-3H3,(H3,21,22,23). The summed E-state index contributed by atoms with van der Waals surface area (Å²) >= 11 is 0. The Balaban J connectivity index is 1.69. The first kappa shape index (κ1) is 20.4. The number of hydrogen-bond acceptors (Lipinski definition) is 5. The first-order valence-electron chi connectivity index (χ1n) is 8.61. The van der Waals surface area contributed by atoms with E-state index in [-0.39, 0.29) is 0 Å². The third-order valence-corrected chi connectivity index (χ3v) is 3.86. The lowest BCUT2D eigenvalue weighted by Gasteiger charge is -2.09. The fourth-order valence-corrected chi connectivity index (χ4v) is 2.37. The van der Waals surface area contributed by atoms with Gasteiger partial charge in [-0.15, -0.1) is 0 Å². The number of guanidine groups is 1. The van der Waals surface area contributed by atoms with Gasteiger partial charge in [0.05, 0.1) is 41.1 Å². The number of methoxy groups -OCH3 is 3. The van der Waals surface area contributed by atoms with Crippen molar-refractivity contribution in [3.8, 4) is 17.2 Å². The van der Waals surface area contributed by atoms with Crippen LogP contribution in [0.5, 0.6) is 17.2 Å². The van der Waals surface area contributed by atoms with Crippen molar-refractivity contribution in [1.29, 1.82) is 0 Å². The normalized spacial score (nSPS) is 11.1. The van der Waals surface area contributed by atoms with Crippen molar-refractivity contribution in [3.63, 3.8) is 0 Å². The lowest BCUT2D eigenvalue weighted by atomic mass is 10.2. The Morgan fingerprint density at radius 2 is 1.63 bits per heavy atom. The zero-order valence-corrected chi connectivity index (χ0v) is 16.0. The maximum absolute atomic E-state index is 5.89. The first-order valence-corrected chi connectivity index (χ1v) is 8.61. The summed E-state index contributed by atoms with van der Waals surface area (Å²) in [4.78, 5) is 4.32. The zero-order chi connectivity index (χ0) is 19.5. The van der Waals surface area contributed by atoms with Crippen LogP contribution in [0.4, 0.5) is 0 Å². The number of nitrogens with zero attached hydrogens (tertiary/aromatic N) is 1. The molecule has 7 nitrogen and oxygen atoms in total. The Labute approximate surface area is 160 Å². The van der Waals surface area contributed by atoms with Gasteiger partial charge in [0.15, 0.2) is 17.5 Å². The van der Waals surface area contributed by atoms with Crippen LogP contribution in [0.25, 0.3) is 0 Å². The van der Waals surface area contributed by atoms with Gasteiger partial charge in [-0.25, -0.2) is 4.99 Å². The summed E-state index contributed by atoms with van der Waals surface area (Å²) in [6.45, 7) is 2.09. The van der Waals surface area contributed by atoms with Gasteiger partial charge < -0.3 is 30.0 Å². The van der Waals surface area contributed by atoms with Gasteiger partial charge >= 0.3 is 0 Å². The smallest absolute Gasteiger partial charge is 0.188 e. The van der Waals surface area contributed by atoms with Gasteiger partial charge in [0.1, 0.15) is 5.75 Å². The molecule has 0 radical (unpaired) electrons. The van der Waals surface area contributed by atoms with Crippen molar-refractivity contribution in [2.75, 3.05) is 34.5 Å². The van der Waals surface area contributed by atoms with Gasteiger partial charge in [-0.3, -0.25) is 0 Å². The van der Waals surface area contributed by atoms with E-state index in [1.54, 1.807) is 21.3 Å². The minimum atomic E-state index is 0.373. The minimum absolute atomic E-state index is 0.373. The van der Waals surface area contributed by atoms with Gasteiger partial charge in [0.2, 0.25) is 0 Å². The molecule has 7 heteroatoms. The molecule has 0 unspecified atom stereocenters. The van der Waals surface area contributed by atoms with E-state index >= 15 is 0 Å². The molecule has 146 valence electrons. The highest BCUT2D eigenvalue weighted by Gasteiger charge is 2.04. The van der Waals surface area contributed by atoms with Crippen molar-refractivity contribution in [2.24, 2.45) is 10.7 Å². The molecule has 0 aliphatic carbocycles. The predicted molar refractivity (Wildman–Crippen MR) is 106 cm³/mol. The van der Waals surface area contributed by atoms with Crippen molar-refractivity contribution in [3.05, 3.63) is 53.6 Å². The highest BCUT2D eigenvalue weighted by Crippen LogP contribution is 2.27. The lowest BCUT2D eigenvalue weighted by molar-refractivity contribution is 0.125. The van der Waals surface area contributed by atoms with Crippen LogP contribution in [-0.2, 0) is 17.9 Å². The molecule has 0 amide bonds. The molecule has 2 aromatic carbocycles. The van der Waals surface area contributed by atoms with E-state index in [2.05, 4.69) is 10.3 Å². The molecule has 0 aliphatic heterocycles. The Bertz CT molecular complexity index is 733.